The monoisotopic (exact) mass is 415 g/mol. The first-order valence-corrected chi connectivity index (χ1v) is 10.9. The van der Waals surface area contributed by atoms with Crippen LogP contribution in [0.1, 0.15) is 35.5 Å². The highest BCUT2D eigenvalue weighted by Gasteiger charge is 2.21. The number of hydrogen-bond acceptors (Lipinski definition) is 9. The van der Waals surface area contributed by atoms with Crippen molar-refractivity contribution in [3.8, 4) is 0 Å². The van der Waals surface area contributed by atoms with E-state index in [2.05, 4.69) is 21.5 Å². The Morgan fingerprint density at radius 3 is 2.61 bits per heavy atom. The number of fused-ring (bicyclic) bond motifs is 3. The molecule has 0 bridgehead atoms. The number of anilines is 2. The van der Waals surface area contributed by atoms with Crippen molar-refractivity contribution < 1.29 is 0 Å². The Kier molecular flexibility index (Phi) is 5.31. The van der Waals surface area contributed by atoms with Crippen molar-refractivity contribution in [2.24, 2.45) is 0 Å². The van der Waals surface area contributed by atoms with Crippen molar-refractivity contribution >= 4 is 45.2 Å². The minimum Gasteiger partial charge on any atom is -0.368 e. The van der Waals surface area contributed by atoms with Gasteiger partial charge in [-0.3, -0.25) is 9.36 Å². The van der Waals surface area contributed by atoms with Crippen LogP contribution in [-0.4, -0.2) is 24.5 Å². The molecular weight excluding hydrogens is 394 g/mol. The predicted octanol–water partition coefficient (Wildman–Crippen LogP) is 2.55. The number of nitrogens with zero attached hydrogens (tertiary/aromatic N) is 5. The fourth-order valence-corrected chi connectivity index (χ4v) is 5.61. The molecule has 4 rings (SSSR count). The molecule has 3 aromatic rings. The standard InChI is InChI=1S/C18H21N7OS2/c1-2-8-25-15(26)13-10-6-4-3-5-7-11(10)28-14(13)23-18(25)27-9-12-21-16(19)24-17(20)22-12/h2H,1,3-9H2,(H4,19,20,21,22,24). The van der Waals surface area contributed by atoms with Gasteiger partial charge in [-0.25, -0.2) is 4.98 Å². The van der Waals surface area contributed by atoms with Crippen molar-refractivity contribution in [3.63, 3.8) is 0 Å². The van der Waals surface area contributed by atoms with Gasteiger partial charge in [-0.05, 0) is 31.2 Å². The number of allylic oxidation sites excluding steroid dienone is 1. The largest absolute Gasteiger partial charge is 0.368 e. The number of aromatic nitrogens is 5. The number of thiophene rings is 1. The number of hydrogen-bond donors (Lipinski definition) is 2. The summed E-state index contributed by atoms with van der Waals surface area (Å²) >= 11 is 3.03. The Balaban J connectivity index is 1.75. The van der Waals surface area contributed by atoms with Crippen LogP contribution in [0.5, 0.6) is 0 Å². The van der Waals surface area contributed by atoms with Gasteiger partial charge in [0, 0.05) is 11.4 Å². The van der Waals surface area contributed by atoms with E-state index >= 15 is 0 Å². The maximum absolute atomic E-state index is 13.3. The van der Waals surface area contributed by atoms with E-state index in [0.29, 0.717) is 23.3 Å². The summed E-state index contributed by atoms with van der Waals surface area (Å²) < 4.78 is 1.67. The van der Waals surface area contributed by atoms with Crippen LogP contribution in [-0.2, 0) is 25.1 Å². The Hall–Kier alpha value is -2.46. The fourth-order valence-electron chi connectivity index (χ4n) is 3.45. The first-order valence-electron chi connectivity index (χ1n) is 9.11. The summed E-state index contributed by atoms with van der Waals surface area (Å²) in [6, 6.07) is 0. The lowest BCUT2D eigenvalue weighted by molar-refractivity contribution is 0.671. The molecule has 0 spiro atoms. The number of nitrogens with two attached hydrogens (primary N) is 2. The van der Waals surface area contributed by atoms with Crippen LogP contribution in [0, 0.1) is 0 Å². The lowest BCUT2D eigenvalue weighted by Gasteiger charge is -2.10. The maximum Gasteiger partial charge on any atom is 0.263 e. The summed E-state index contributed by atoms with van der Waals surface area (Å²) in [5.41, 5.74) is 12.5. The molecule has 4 N–H and O–H groups in total. The first-order chi connectivity index (χ1) is 13.6. The molecule has 3 heterocycles. The molecule has 0 radical (unpaired) electrons. The maximum atomic E-state index is 13.3. The van der Waals surface area contributed by atoms with Gasteiger partial charge in [0.25, 0.3) is 5.56 Å². The predicted molar refractivity (Wildman–Crippen MR) is 114 cm³/mol. The van der Waals surface area contributed by atoms with E-state index in [1.54, 1.807) is 22.0 Å². The smallest absolute Gasteiger partial charge is 0.263 e. The molecule has 28 heavy (non-hydrogen) atoms. The van der Waals surface area contributed by atoms with E-state index in [1.165, 1.54) is 35.0 Å². The molecule has 0 saturated heterocycles. The molecule has 1 aliphatic carbocycles. The van der Waals surface area contributed by atoms with Crippen LogP contribution >= 0.6 is 23.1 Å². The lowest BCUT2D eigenvalue weighted by atomic mass is 10.1. The highest BCUT2D eigenvalue weighted by Crippen LogP contribution is 2.34. The fraction of sp³-hybridized carbons (Fsp3) is 0.389. The summed E-state index contributed by atoms with van der Waals surface area (Å²) in [6.45, 7) is 4.19. The van der Waals surface area contributed by atoms with E-state index in [9.17, 15) is 4.79 Å². The highest BCUT2D eigenvalue weighted by atomic mass is 32.2. The van der Waals surface area contributed by atoms with Gasteiger partial charge in [0.15, 0.2) is 5.16 Å². The Morgan fingerprint density at radius 1 is 1.11 bits per heavy atom. The minimum atomic E-state index is 0.00137. The van der Waals surface area contributed by atoms with Gasteiger partial charge < -0.3 is 11.5 Å². The van der Waals surface area contributed by atoms with Crippen molar-refractivity contribution in [2.75, 3.05) is 11.5 Å². The van der Waals surface area contributed by atoms with Crippen LogP contribution in [0.25, 0.3) is 10.2 Å². The Morgan fingerprint density at radius 2 is 1.86 bits per heavy atom. The van der Waals surface area contributed by atoms with Gasteiger partial charge in [0.1, 0.15) is 10.7 Å². The molecule has 0 fully saturated rings. The van der Waals surface area contributed by atoms with Crippen molar-refractivity contribution in [2.45, 2.75) is 49.6 Å². The number of rotatable bonds is 5. The molecule has 0 aliphatic heterocycles. The third kappa shape index (κ3) is 3.61. The Bertz CT molecular complexity index is 1090. The van der Waals surface area contributed by atoms with Gasteiger partial charge in [-0.1, -0.05) is 24.3 Å². The molecule has 10 heteroatoms. The highest BCUT2D eigenvalue weighted by molar-refractivity contribution is 7.98. The molecule has 146 valence electrons. The zero-order valence-electron chi connectivity index (χ0n) is 15.3. The van der Waals surface area contributed by atoms with Crippen LogP contribution in [0.4, 0.5) is 11.9 Å². The van der Waals surface area contributed by atoms with Gasteiger partial charge in [-0.15, -0.1) is 17.9 Å². The average molecular weight is 416 g/mol. The molecular formula is C18H21N7OS2. The van der Waals surface area contributed by atoms with Crippen LogP contribution in [0.15, 0.2) is 22.6 Å². The summed E-state index contributed by atoms with van der Waals surface area (Å²) in [6.07, 6.45) is 7.20. The SMILES string of the molecule is C=CCn1c(SCc2nc(N)nc(N)n2)nc2sc3c(c2c1=O)CCCCC3. The van der Waals surface area contributed by atoms with Crippen LogP contribution in [0.2, 0.25) is 0 Å². The summed E-state index contributed by atoms with van der Waals surface area (Å²) in [5.74, 6) is 1.00. The summed E-state index contributed by atoms with van der Waals surface area (Å²) in [7, 11) is 0. The molecule has 8 nitrogen and oxygen atoms in total. The second-order valence-corrected chi connectivity index (χ2v) is 8.63. The van der Waals surface area contributed by atoms with Crippen molar-refractivity contribution in [1.82, 2.24) is 24.5 Å². The van der Waals surface area contributed by atoms with E-state index in [4.69, 9.17) is 16.5 Å². The number of thioether (sulfide) groups is 1. The molecule has 3 aromatic heterocycles. The quantitative estimate of drug-likeness (QED) is 0.282. The van der Waals surface area contributed by atoms with Gasteiger partial charge >= 0.3 is 0 Å². The van der Waals surface area contributed by atoms with E-state index < -0.39 is 0 Å². The third-order valence-electron chi connectivity index (χ3n) is 4.65. The molecule has 1 aliphatic rings. The van der Waals surface area contributed by atoms with Gasteiger partial charge in [-0.2, -0.15) is 15.0 Å². The van der Waals surface area contributed by atoms with Gasteiger partial charge in [0.2, 0.25) is 11.9 Å². The summed E-state index contributed by atoms with van der Waals surface area (Å²) in [5, 5.41) is 1.40. The zero-order chi connectivity index (χ0) is 19.7. The third-order valence-corrected chi connectivity index (χ3v) is 6.81. The normalized spacial score (nSPS) is 14.0. The second-order valence-electron chi connectivity index (χ2n) is 6.60. The van der Waals surface area contributed by atoms with E-state index in [1.807, 2.05) is 0 Å². The first kappa shape index (κ1) is 18.9. The number of aryl methyl sites for hydroxylation is 2. The van der Waals surface area contributed by atoms with Crippen molar-refractivity contribution in [1.29, 1.82) is 0 Å². The Labute approximate surface area is 170 Å². The molecule has 0 saturated carbocycles. The van der Waals surface area contributed by atoms with Crippen molar-refractivity contribution in [3.05, 3.63) is 39.3 Å². The second kappa shape index (κ2) is 7.88. The zero-order valence-corrected chi connectivity index (χ0v) is 17.0. The topological polar surface area (TPSA) is 126 Å². The molecule has 0 atom stereocenters. The number of nitrogen functional groups attached to an aromatic ring is 2. The molecule has 0 unspecified atom stereocenters. The van der Waals surface area contributed by atoms with E-state index in [0.717, 1.165) is 29.5 Å². The van der Waals surface area contributed by atoms with Gasteiger partial charge in [0.05, 0.1) is 11.1 Å². The van der Waals surface area contributed by atoms with Crippen LogP contribution in [0.3, 0.4) is 0 Å². The molecule has 0 amide bonds. The average Bonchev–Trinajstić information content (AvgIpc) is 2.83. The molecule has 0 aromatic carbocycles. The van der Waals surface area contributed by atoms with Crippen LogP contribution < -0.4 is 17.0 Å². The minimum absolute atomic E-state index is 0.00137. The van der Waals surface area contributed by atoms with E-state index in [-0.39, 0.29) is 17.5 Å². The lowest BCUT2D eigenvalue weighted by Crippen LogP contribution is -2.23. The summed E-state index contributed by atoms with van der Waals surface area (Å²) in [4.78, 5) is 32.2.